The van der Waals surface area contributed by atoms with Crippen molar-refractivity contribution in [3.05, 3.63) is 35.4 Å². The molecule has 19 heavy (non-hydrogen) atoms. The number of nitrogens with zero attached hydrogens (tertiary/aromatic N) is 3. The molecule has 2 heterocycles. The molecule has 0 bridgehead atoms. The smallest absolute Gasteiger partial charge is 0.143 e. The van der Waals surface area contributed by atoms with Gasteiger partial charge in [-0.25, -0.2) is 0 Å². The number of nitrogen functional groups attached to an aromatic ring is 1. The maximum Gasteiger partial charge on any atom is 0.143 e. The molecule has 1 aromatic heterocycles. The first kappa shape index (κ1) is 12.5. The molecule has 1 aromatic carbocycles. The summed E-state index contributed by atoms with van der Waals surface area (Å²) in [6.07, 6.45) is 3.52. The maximum absolute atomic E-state index is 6.03. The van der Waals surface area contributed by atoms with Gasteiger partial charge in [0.05, 0.1) is 5.75 Å². The van der Waals surface area contributed by atoms with E-state index in [1.807, 2.05) is 6.07 Å². The quantitative estimate of drug-likeness (QED) is 0.690. The van der Waals surface area contributed by atoms with Crippen molar-refractivity contribution in [2.24, 2.45) is 0 Å². The minimum absolute atomic E-state index is 0.834. The third kappa shape index (κ3) is 2.61. The van der Waals surface area contributed by atoms with Crippen molar-refractivity contribution in [1.82, 2.24) is 14.8 Å². The molecule has 0 saturated heterocycles. The van der Waals surface area contributed by atoms with E-state index < -0.39 is 0 Å². The first-order valence-electron chi connectivity index (χ1n) is 6.64. The summed E-state index contributed by atoms with van der Waals surface area (Å²) in [6.45, 7) is 3.11. The second-order valence-corrected chi connectivity index (χ2v) is 5.99. The molecule has 0 unspecified atom stereocenters. The van der Waals surface area contributed by atoms with Crippen molar-refractivity contribution in [1.29, 1.82) is 0 Å². The lowest BCUT2D eigenvalue weighted by Gasteiger charge is -2.14. The lowest BCUT2D eigenvalue weighted by atomic mass is 10.2. The molecule has 1 aliphatic rings. The zero-order chi connectivity index (χ0) is 13.2. The van der Waals surface area contributed by atoms with Crippen LogP contribution in [0.3, 0.4) is 0 Å². The number of nitrogens with two attached hydrogens (primary N) is 1. The topological polar surface area (TPSA) is 56.7 Å². The van der Waals surface area contributed by atoms with Gasteiger partial charge in [-0.1, -0.05) is 6.07 Å². The lowest BCUT2D eigenvalue weighted by molar-refractivity contribution is 0.513. The molecule has 0 amide bonds. The summed E-state index contributed by atoms with van der Waals surface area (Å²) in [5, 5.41) is 8.59. The molecule has 2 aromatic rings. The standard InChI is InChI=1S/C14H18N4S/c1-10-5-6-12(11(15)8-10)19-9-14-17-16-13-4-2-3-7-18(13)14/h5-6,8H,2-4,7,9,15H2,1H3. The molecule has 0 saturated carbocycles. The fourth-order valence-corrected chi connectivity index (χ4v) is 3.30. The van der Waals surface area contributed by atoms with Crippen LogP contribution < -0.4 is 5.73 Å². The molecular formula is C14H18N4S. The third-order valence-corrected chi connectivity index (χ3v) is 4.54. The van der Waals surface area contributed by atoms with Gasteiger partial charge in [0.2, 0.25) is 0 Å². The van der Waals surface area contributed by atoms with Gasteiger partial charge in [0.25, 0.3) is 0 Å². The molecule has 5 heteroatoms. The van der Waals surface area contributed by atoms with Gasteiger partial charge in [0, 0.05) is 23.5 Å². The largest absolute Gasteiger partial charge is 0.398 e. The van der Waals surface area contributed by atoms with Crippen molar-refractivity contribution in [3.63, 3.8) is 0 Å². The van der Waals surface area contributed by atoms with Crippen molar-refractivity contribution < 1.29 is 0 Å². The Labute approximate surface area is 117 Å². The summed E-state index contributed by atoms with van der Waals surface area (Å²) >= 11 is 1.74. The van der Waals surface area contributed by atoms with Crippen LogP contribution in [-0.4, -0.2) is 14.8 Å². The van der Waals surface area contributed by atoms with Crippen LogP contribution in [0.4, 0.5) is 5.69 Å². The summed E-state index contributed by atoms with van der Waals surface area (Å²) in [5.74, 6) is 3.04. The molecule has 0 radical (unpaired) electrons. The predicted octanol–water partition coefficient (Wildman–Crippen LogP) is 2.80. The zero-order valence-corrected chi connectivity index (χ0v) is 11.9. The summed E-state index contributed by atoms with van der Waals surface area (Å²) in [5.41, 5.74) is 8.08. The molecule has 1 aliphatic heterocycles. The molecule has 100 valence electrons. The molecule has 0 atom stereocenters. The van der Waals surface area contributed by atoms with E-state index in [1.54, 1.807) is 11.8 Å². The number of rotatable bonds is 3. The fourth-order valence-electron chi connectivity index (χ4n) is 2.42. The Kier molecular flexibility index (Phi) is 3.46. The van der Waals surface area contributed by atoms with E-state index in [-0.39, 0.29) is 0 Å². The maximum atomic E-state index is 6.03. The minimum Gasteiger partial charge on any atom is -0.398 e. The summed E-state index contributed by atoms with van der Waals surface area (Å²) < 4.78 is 2.26. The molecule has 4 nitrogen and oxygen atoms in total. The van der Waals surface area contributed by atoms with E-state index in [9.17, 15) is 0 Å². The normalized spacial score (nSPS) is 14.4. The predicted molar refractivity (Wildman–Crippen MR) is 78.1 cm³/mol. The van der Waals surface area contributed by atoms with E-state index in [0.29, 0.717) is 0 Å². The number of thioether (sulfide) groups is 1. The van der Waals surface area contributed by atoms with Crippen LogP contribution in [0.2, 0.25) is 0 Å². The van der Waals surface area contributed by atoms with Gasteiger partial charge in [0.1, 0.15) is 11.6 Å². The Bertz CT molecular complexity index is 591. The fraction of sp³-hybridized carbons (Fsp3) is 0.429. The summed E-state index contributed by atoms with van der Waals surface area (Å²) in [6, 6.07) is 6.20. The van der Waals surface area contributed by atoms with Crippen LogP contribution in [0.1, 0.15) is 30.1 Å². The molecule has 0 aliphatic carbocycles. The molecule has 0 spiro atoms. The first-order chi connectivity index (χ1) is 9.24. The van der Waals surface area contributed by atoms with Crippen LogP contribution in [0.15, 0.2) is 23.1 Å². The van der Waals surface area contributed by atoms with E-state index in [0.717, 1.165) is 41.0 Å². The minimum atomic E-state index is 0.834. The van der Waals surface area contributed by atoms with Gasteiger partial charge in [-0.05, 0) is 37.5 Å². The van der Waals surface area contributed by atoms with Crippen LogP contribution >= 0.6 is 11.8 Å². The number of hydrogen-bond acceptors (Lipinski definition) is 4. The Balaban J connectivity index is 1.74. The number of aryl methyl sites for hydroxylation is 2. The monoisotopic (exact) mass is 274 g/mol. The van der Waals surface area contributed by atoms with Gasteiger partial charge in [0.15, 0.2) is 0 Å². The zero-order valence-electron chi connectivity index (χ0n) is 11.1. The van der Waals surface area contributed by atoms with Crippen molar-refractivity contribution in [2.45, 2.75) is 43.4 Å². The van der Waals surface area contributed by atoms with Crippen LogP contribution in [0, 0.1) is 6.92 Å². The van der Waals surface area contributed by atoms with Gasteiger partial charge < -0.3 is 10.3 Å². The number of fused-ring (bicyclic) bond motifs is 1. The molecule has 2 N–H and O–H groups in total. The summed E-state index contributed by atoms with van der Waals surface area (Å²) in [4.78, 5) is 1.12. The Morgan fingerprint density at radius 1 is 1.32 bits per heavy atom. The highest BCUT2D eigenvalue weighted by Gasteiger charge is 2.15. The van der Waals surface area contributed by atoms with E-state index in [1.165, 1.54) is 18.4 Å². The Morgan fingerprint density at radius 2 is 2.21 bits per heavy atom. The van der Waals surface area contributed by atoms with Gasteiger partial charge in [-0.3, -0.25) is 0 Å². The number of benzene rings is 1. The number of aromatic nitrogens is 3. The lowest BCUT2D eigenvalue weighted by Crippen LogP contribution is -2.12. The molecule has 3 rings (SSSR count). The van der Waals surface area contributed by atoms with E-state index in [2.05, 4.69) is 33.8 Å². The van der Waals surface area contributed by atoms with Crippen LogP contribution in [0.25, 0.3) is 0 Å². The number of hydrogen-bond donors (Lipinski definition) is 1. The second kappa shape index (κ2) is 5.25. The van der Waals surface area contributed by atoms with Crippen molar-refractivity contribution >= 4 is 17.4 Å². The second-order valence-electron chi connectivity index (χ2n) is 4.97. The Hall–Kier alpha value is -1.49. The van der Waals surface area contributed by atoms with E-state index >= 15 is 0 Å². The van der Waals surface area contributed by atoms with Crippen LogP contribution in [-0.2, 0) is 18.7 Å². The Morgan fingerprint density at radius 3 is 3.05 bits per heavy atom. The average Bonchev–Trinajstić information content (AvgIpc) is 2.81. The van der Waals surface area contributed by atoms with Crippen molar-refractivity contribution in [3.8, 4) is 0 Å². The van der Waals surface area contributed by atoms with Gasteiger partial charge in [-0.15, -0.1) is 22.0 Å². The average molecular weight is 274 g/mol. The first-order valence-corrected chi connectivity index (χ1v) is 7.62. The highest BCUT2D eigenvalue weighted by Crippen LogP contribution is 2.29. The van der Waals surface area contributed by atoms with Crippen molar-refractivity contribution in [2.75, 3.05) is 5.73 Å². The number of anilines is 1. The highest BCUT2D eigenvalue weighted by atomic mass is 32.2. The molecule has 0 fully saturated rings. The van der Waals surface area contributed by atoms with E-state index in [4.69, 9.17) is 5.73 Å². The van der Waals surface area contributed by atoms with Gasteiger partial charge in [-0.2, -0.15) is 0 Å². The third-order valence-electron chi connectivity index (χ3n) is 3.46. The SMILES string of the molecule is Cc1ccc(SCc2nnc3n2CCCC3)c(N)c1. The van der Waals surface area contributed by atoms with Gasteiger partial charge >= 0.3 is 0 Å². The molecular weight excluding hydrogens is 256 g/mol. The summed E-state index contributed by atoms with van der Waals surface area (Å²) in [7, 11) is 0. The van der Waals surface area contributed by atoms with Crippen LogP contribution in [0.5, 0.6) is 0 Å². The highest BCUT2D eigenvalue weighted by molar-refractivity contribution is 7.98.